The van der Waals surface area contributed by atoms with Crippen LogP contribution >= 0.6 is 35.2 Å². The average molecular weight is 292 g/mol. The highest BCUT2D eigenvalue weighted by Crippen LogP contribution is 2.20. The quantitative estimate of drug-likeness (QED) is 0.655. The minimum Gasteiger partial charge on any atom is -0.300 e. The number of ketones is 1. The Morgan fingerprint density at radius 3 is 2.75 bits per heavy atom. The smallest absolute Gasteiger partial charge is 0.134 e. The first-order valence-electron chi connectivity index (χ1n) is 3.57. The Balaban J connectivity index is 3.04. The minimum atomic E-state index is 0.175. The molecule has 0 aliphatic carbocycles. The minimum absolute atomic E-state index is 0.175. The van der Waals surface area contributed by atoms with E-state index in [1.54, 1.807) is 6.92 Å². The van der Waals surface area contributed by atoms with E-state index in [0.29, 0.717) is 6.42 Å². The molecule has 0 bridgehead atoms. The predicted molar refractivity (Wildman–Crippen MR) is 60.8 cm³/mol. The van der Waals surface area contributed by atoms with Crippen LogP contribution in [0, 0.1) is 3.57 Å². The van der Waals surface area contributed by atoms with E-state index in [9.17, 15) is 4.79 Å². The summed E-state index contributed by atoms with van der Waals surface area (Å²) in [6, 6.07) is 5.83. The lowest BCUT2D eigenvalue weighted by Gasteiger charge is -2.04. The molecular formula is C9H9IOS. The first-order chi connectivity index (χ1) is 5.61. The van der Waals surface area contributed by atoms with Crippen LogP contribution in [0.5, 0.6) is 0 Å². The van der Waals surface area contributed by atoms with Crippen molar-refractivity contribution in [2.24, 2.45) is 0 Å². The summed E-state index contributed by atoms with van der Waals surface area (Å²) in [6.07, 6.45) is 0.484. The van der Waals surface area contributed by atoms with Gasteiger partial charge in [-0.05, 0) is 47.2 Å². The van der Waals surface area contributed by atoms with Crippen LogP contribution in [0.15, 0.2) is 23.1 Å². The number of hydrogen-bond acceptors (Lipinski definition) is 2. The lowest BCUT2D eigenvalue weighted by Crippen LogP contribution is -1.99. The van der Waals surface area contributed by atoms with E-state index < -0.39 is 0 Å². The molecule has 0 unspecified atom stereocenters. The van der Waals surface area contributed by atoms with Gasteiger partial charge in [-0.1, -0.05) is 6.07 Å². The molecule has 0 atom stereocenters. The molecular weight excluding hydrogens is 283 g/mol. The second-order valence-electron chi connectivity index (χ2n) is 2.62. The monoisotopic (exact) mass is 292 g/mol. The second kappa shape index (κ2) is 4.28. The van der Waals surface area contributed by atoms with Crippen LogP contribution in [-0.4, -0.2) is 5.78 Å². The lowest BCUT2D eigenvalue weighted by atomic mass is 10.1. The average Bonchev–Trinajstić information content (AvgIpc) is 1.97. The second-order valence-corrected chi connectivity index (χ2v) is 4.26. The van der Waals surface area contributed by atoms with Gasteiger partial charge >= 0.3 is 0 Å². The van der Waals surface area contributed by atoms with Crippen LogP contribution in [0.3, 0.4) is 0 Å². The van der Waals surface area contributed by atoms with Crippen molar-refractivity contribution in [3.8, 4) is 0 Å². The zero-order valence-electron chi connectivity index (χ0n) is 6.67. The third-order valence-corrected chi connectivity index (χ3v) is 2.95. The van der Waals surface area contributed by atoms with E-state index in [1.807, 2.05) is 18.2 Å². The van der Waals surface area contributed by atoms with Gasteiger partial charge in [0.25, 0.3) is 0 Å². The Morgan fingerprint density at radius 2 is 2.25 bits per heavy atom. The number of rotatable bonds is 2. The van der Waals surface area contributed by atoms with Gasteiger partial charge < -0.3 is 0 Å². The fourth-order valence-electron chi connectivity index (χ4n) is 0.971. The van der Waals surface area contributed by atoms with Crippen molar-refractivity contribution < 1.29 is 4.79 Å². The summed E-state index contributed by atoms with van der Waals surface area (Å²) < 4.78 is 1.11. The van der Waals surface area contributed by atoms with Crippen molar-refractivity contribution in [3.63, 3.8) is 0 Å². The van der Waals surface area contributed by atoms with Crippen molar-refractivity contribution in [1.29, 1.82) is 0 Å². The molecule has 0 spiro atoms. The van der Waals surface area contributed by atoms with Gasteiger partial charge in [0, 0.05) is 14.9 Å². The van der Waals surface area contributed by atoms with Gasteiger partial charge in [0.1, 0.15) is 5.78 Å². The summed E-state index contributed by atoms with van der Waals surface area (Å²) in [5.74, 6) is 0.175. The lowest BCUT2D eigenvalue weighted by molar-refractivity contribution is -0.116. The molecule has 0 aromatic heterocycles. The van der Waals surface area contributed by atoms with Gasteiger partial charge in [0.2, 0.25) is 0 Å². The van der Waals surface area contributed by atoms with Crippen LogP contribution in [0.1, 0.15) is 12.5 Å². The highest BCUT2D eigenvalue weighted by Gasteiger charge is 2.05. The zero-order chi connectivity index (χ0) is 9.14. The Hall–Kier alpha value is -0.0300. The summed E-state index contributed by atoms with van der Waals surface area (Å²) >= 11 is 6.50. The Morgan fingerprint density at radius 1 is 1.58 bits per heavy atom. The third-order valence-electron chi connectivity index (χ3n) is 1.52. The Bertz CT molecular complexity index is 289. The third kappa shape index (κ3) is 2.48. The fraction of sp³-hybridized carbons (Fsp3) is 0.222. The number of thiol groups is 1. The van der Waals surface area contributed by atoms with Crippen LogP contribution in [0.2, 0.25) is 0 Å². The molecule has 1 nitrogen and oxygen atoms in total. The standard InChI is InChI=1S/C9H9IOS/c1-6(11)5-7-8(10)3-2-4-9(7)12/h2-4,12H,5H2,1H3. The number of benzene rings is 1. The van der Waals surface area contributed by atoms with Gasteiger partial charge in [-0.25, -0.2) is 0 Å². The molecule has 0 N–H and O–H groups in total. The molecule has 0 aliphatic heterocycles. The van der Waals surface area contributed by atoms with Gasteiger partial charge in [-0.2, -0.15) is 0 Å². The van der Waals surface area contributed by atoms with Crippen molar-refractivity contribution in [2.45, 2.75) is 18.2 Å². The molecule has 0 saturated carbocycles. The predicted octanol–water partition coefficient (Wildman–Crippen LogP) is 2.71. The molecule has 0 amide bonds. The molecule has 0 heterocycles. The topological polar surface area (TPSA) is 17.1 Å². The number of halogens is 1. The molecule has 0 saturated heterocycles. The van der Waals surface area contributed by atoms with Crippen LogP contribution < -0.4 is 0 Å². The van der Waals surface area contributed by atoms with Crippen molar-refractivity contribution >= 4 is 41.0 Å². The first-order valence-corrected chi connectivity index (χ1v) is 5.09. The molecule has 0 radical (unpaired) electrons. The molecule has 12 heavy (non-hydrogen) atoms. The molecule has 1 aromatic rings. The van der Waals surface area contributed by atoms with Gasteiger partial charge in [0.05, 0.1) is 0 Å². The van der Waals surface area contributed by atoms with Crippen LogP contribution in [0.25, 0.3) is 0 Å². The first kappa shape index (κ1) is 10.1. The molecule has 3 heteroatoms. The number of carbonyl (C=O) groups excluding carboxylic acids is 1. The van der Waals surface area contributed by atoms with Gasteiger partial charge in [-0.15, -0.1) is 12.6 Å². The maximum atomic E-state index is 10.9. The van der Waals surface area contributed by atoms with E-state index in [2.05, 4.69) is 35.2 Å². The van der Waals surface area contributed by atoms with Crippen molar-refractivity contribution in [3.05, 3.63) is 27.3 Å². The van der Waals surface area contributed by atoms with Gasteiger partial charge in [0.15, 0.2) is 0 Å². The molecule has 1 aromatic carbocycles. The maximum Gasteiger partial charge on any atom is 0.134 e. The van der Waals surface area contributed by atoms with Gasteiger partial charge in [-0.3, -0.25) is 4.79 Å². The number of hydrogen-bond donors (Lipinski definition) is 1. The SMILES string of the molecule is CC(=O)Cc1c(S)cccc1I. The van der Waals surface area contributed by atoms with Crippen LogP contribution in [-0.2, 0) is 11.2 Å². The van der Waals surface area contributed by atoms with Crippen LogP contribution in [0.4, 0.5) is 0 Å². The summed E-state index contributed by atoms with van der Waals surface area (Å²) in [6.45, 7) is 1.59. The summed E-state index contributed by atoms with van der Waals surface area (Å²) in [5.41, 5.74) is 1.04. The van der Waals surface area contributed by atoms with Crippen molar-refractivity contribution in [1.82, 2.24) is 0 Å². The highest BCUT2D eigenvalue weighted by molar-refractivity contribution is 14.1. The zero-order valence-corrected chi connectivity index (χ0v) is 9.72. The van der Waals surface area contributed by atoms with E-state index in [4.69, 9.17) is 0 Å². The molecule has 1 rings (SSSR count). The van der Waals surface area contributed by atoms with E-state index >= 15 is 0 Å². The van der Waals surface area contributed by atoms with E-state index in [-0.39, 0.29) is 5.78 Å². The number of Topliss-reactive ketones (excluding diaryl/α,β-unsaturated/α-hetero) is 1. The number of carbonyl (C=O) groups is 1. The maximum absolute atomic E-state index is 10.9. The normalized spacial score (nSPS) is 9.92. The summed E-state index contributed by atoms with van der Waals surface area (Å²) in [4.78, 5) is 11.8. The summed E-state index contributed by atoms with van der Waals surface area (Å²) in [7, 11) is 0. The summed E-state index contributed by atoms with van der Waals surface area (Å²) in [5, 5.41) is 0. The van der Waals surface area contributed by atoms with Crippen molar-refractivity contribution in [2.75, 3.05) is 0 Å². The fourth-order valence-corrected chi connectivity index (χ4v) is 2.16. The molecule has 64 valence electrons. The largest absolute Gasteiger partial charge is 0.300 e. The van der Waals surface area contributed by atoms with E-state index in [1.165, 1.54) is 0 Å². The highest BCUT2D eigenvalue weighted by atomic mass is 127. The van der Waals surface area contributed by atoms with E-state index in [0.717, 1.165) is 14.0 Å². The molecule has 0 fully saturated rings. The Labute approximate surface area is 91.1 Å². The molecule has 0 aliphatic rings. The Kier molecular flexibility index (Phi) is 3.58.